The van der Waals surface area contributed by atoms with Crippen LogP contribution in [0.1, 0.15) is 25.7 Å². The summed E-state index contributed by atoms with van der Waals surface area (Å²) < 4.78 is 26.2. The predicted octanol–water partition coefficient (Wildman–Crippen LogP) is -4.90. The van der Waals surface area contributed by atoms with Gasteiger partial charge in [-0.2, -0.15) is 0 Å². The van der Waals surface area contributed by atoms with Crippen molar-refractivity contribution < 1.29 is 74.1 Å². The van der Waals surface area contributed by atoms with Gasteiger partial charge in [-0.15, -0.1) is 0 Å². The van der Waals surface area contributed by atoms with Crippen LogP contribution >= 0.6 is 0 Å². The molecule has 0 saturated carbocycles. The van der Waals surface area contributed by atoms with Crippen LogP contribution in [0.5, 0.6) is 0 Å². The summed E-state index contributed by atoms with van der Waals surface area (Å²) in [6, 6.07) is 0. The van der Waals surface area contributed by atoms with Gasteiger partial charge in [0.1, 0.15) is 48.8 Å². The topological polar surface area (TPSA) is 271 Å². The first-order chi connectivity index (χ1) is 19.0. The quantitative estimate of drug-likeness (QED) is 0.0767. The number of aliphatic hydroxyl groups excluding tert-OH is 8. The first-order valence-electron chi connectivity index (χ1n) is 13.1. The molecule has 0 aromatic heterocycles. The van der Waals surface area contributed by atoms with Gasteiger partial charge < -0.3 is 75.2 Å². The lowest BCUT2D eigenvalue weighted by atomic mass is 9.99. The van der Waals surface area contributed by atoms with Crippen molar-refractivity contribution in [2.24, 2.45) is 5.73 Å². The Morgan fingerprint density at radius 1 is 0.675 bits per heavy atom. The molecule has 17 heteroatoms. The van der Waals surface area contributed by atoms with Gasteiger partial charge in [-0.1, -0.05) is 0 Å². The molecule has 2 heterocycles. The van der Waals surface area contributed by atoms with E-state index >= 15 is 0 Å². The Labute approximate surface area is 230 Å². The molecule has 10 atom stereocenters. The number of hydrogen-bond donors (Lipinski definition) is 9. The summed E-state index contributed by atoms with van der Waals surface area (Å²) in [7, 11) is 0. The van der Waals surface area contributed by atoms with Crippen LogP contribution < -0.4 is 5.73 Å². The molecule has 2 saturated heterocycles. The van der Waals surface area contributed by atoms with E-state index < -0.39 is 80.7 Å². The van der Waals surface area contributed by atoms with Crippen molar-refractivity contribution in [2.75, 3.05) is 46.1 Å². The van der Waals surface area contributed by atoms with Gasteiger partial charge >= 0.3 is 6.09 Å². The summed E-state index contributed by atoms with van der Waals surface area (Å²) in [5.74, 6) is -0.314. The number of primary amides is 1. The van der Waals surface area contributed by atoms with Crippen molar-refractivity contribution in [1.29, 1.82) is 0 Å². The molecular formula is C23H42N2O15. The monoisotopic (exact) mass is 586 g/mol. The zero-order chi connectivity index (χ0) is 29.8. The third-order valence-electron chi connectivity index (χ3n) is 6.62. The zero-order valence-corrected chi connectivity index (χ0v) is 22.0. The van der Waals surface area contributed by atoms with Crippen molar-refractivity contribution in [2.45, 2.75) is 87.1 Å². The Hall–Kier alpha value is -1.74. The number of aliphatic hydroxyl groups is 8. The molecule has 2 aliphatic rings. The molecule has 10 N–H and O–H groups in total. The van der Waals surface area contributed by atoms with E-state index in [4.69, 9.17) is 24.7 Å². The molecule has 2 aliphatic heterocycles. The van der Waals surface area contributed by atoms with Crippen molar-refractivity contribution >= 4 is 12.0 Å². The van der Waals surface area contributed by atoms with Gasteiger partial charge in [-0.3, -0.25) is 4.79 Å². The number of ether oxygens (including phenoxy) is 5. The number of amides is 2. The smallest absolute Gasteiger partial charge is 0.404 e. The van der Waals surface area contributed by atoms with Gasteiger partial charge in [0.15, 0.2) is 12.6 Å². The second-order valence-corrected chi connectivity index (χ2v) is 9.50. The summed E-state index contributed by atoms with van der Waals surface area (Å²) in [6.07, 6.45) is -13.9. The molecule has 0 spiro atoms. The maximum Gasteiger partial charge on any atom is 0.404 e. The average Bonchev–Trinajstić information content (AvgIpc) is 2.93. The van der Waals surface area contributed by atoms with E-state index in [0.717, 1.165) is 0 Å². The summed E-state index contributed by atoms with van der Waals surface area (Å²) in [5.41, 5.74) is 4.90. The molecule has 0 bridgehead atoms. The van der Waals surface area contributed by atoms with E-state index in [1.54, 1.807) is 0 Å². The van der Waals surface area contributed by atoms with Crippen molar-refractivity contribution in [3.8, 4) is 0 Å². The van der Waals surface area contributed by atoms with Crippen LogP contribution in [0.2, 0.25) is 0 Å². The van der Waals surface area contributed by atoms with Crippen LogP contribution in [0.15, 0.2) is 0 Å². The predicted molar refractivity (Wildman–Crippen MR) is 130 cm³/mol. The fraction of sp³-hybridized carbons (Fsp3) is 0.913. The summed E-state index contributed by atoms with van der Waals surface area (Å²) >= 11 is 0. The highest BCUT2D eigenvalue weighted by Crippen LogP contribution is 2.23. The Morgan fingerprint density at radius 2 is 1.15 bits per heavy atom. The molecule has 0 radical (unpaired) electrons. The van der Waals surface area contributed by atoms with Crippen molar-refractivity contribution in [1.82, 2.24) is 4.90 Å². The second-order valence-electron chi connectivity index (χ2n) is 9.50. The van der Waals surface area contributed by atoms with E-state index in [0.29, 0.717) is 19.3 Å². The standard InChI is InChI=1S/C23H42N2O15/c24-23(35)38-7-3-1-2-4-14(28)25(5-8-36-21-19(33)17(31)15(29)12(10-26)39-21)6-9-37-22-20(34)18(32)16(30)13(11-27)40-22/h12-13,15-22,26-27,29-34H,1-11H2,(H2,24,35)/t12-,13+,15-,16+,17+,18-,19+,20-,21+,22-. The lowest BCUT2D eigenvalue weighted by Crippen LogP contribution is -2.59. The zero-order valence-electron chi connectivity index (χ0n) is 22.0. The van der Waals surface area contributed by atoms with E-state index in [2.05, 4.69) is 4.74 Å². The lowest BCUT2D eigenvalue weighted by molar-refractivity contribution is -0.303. The number of carbonyl (C=O) groups is 2. The Kier molecular flexibility index (Phi) is 14.9. The Morgan fingerprint density at radius 3 is 1.57 bits per heavy atom. The first-order valence-corrected chi connectivity index (χ1v) is 13.1. The molecule has 0 aliphatic carbocycles. The third kappa shape index (κ3) is 9.97. The van der Waals surface area contributed by atoms with Gasteiger partial charge in [0, 0.05) is 19.5 Å². The molecule has 234 valence electrons. The minimum Gasteiger partial charge on any atom is -0.450 e. The Bertz CT molecular complexity index is 718. The normalized spacial score (nSPS) is 34.4. The number of hydrogen-bond acceptors (Lipinski definition) is 15. The molecule has 0 aromatic rings. The molecule has 0 aromatic carbocycles. The molecule has 2 rings (SSSR count). The third-order valence-corrected chi connectivity index (χ3v) is 6.62. The van der Waals surface area contributed by atoms with Gasteiger partial charge in [-0.05, 0) is 19.3 Å². The van der Waals surface area contributed by atoms with Gasteiger partial charge in [-0.25, -0.2) is 4.79 Å². The molecule has 2 fully saturated rings. The summed E-state index contributed by atoms with van der Waals surface area (Å²) in [4.78, 5) is 24.9. The number of nitrogens with two attached hydrogens (primary N) is 1. The highest BCUT2D eigenvalue weighted by molar-refractivity contribution is 5.76. The van der Waals surface area contributed by atoms with E-state index in [1.807, 2.05) is 0 Å². The highest BCUT2D eigenvalue weighted by Gasteiger charge is 2.45. The second kappa shape index (κ2) is 17.3. The number of rotatable bonds is 16. The van der Waals surface area contributed by atoms with Crippen LogP contribution in [-0.4, -0.2) is 165 Å². The van der Waals surface area contributed by atoms with Crippen LogP contribution in [0, 0.1) is 0 Å². The SMILES string of the molecule is NC(=O)OCCCCCC(=O)N(CCO[C@H]1O[C@H](CO)[C@@H](O)[C@H](O)[C@@H]1O)CCO[C@@H]1O[C@@H](CO)[C@H](O)[C@@H](O)[C@H]1O. The van der Waals surface area contributed by atoms with Crippen LogP contribution in [0.25, 0.3) is 0 Å². The maximum atomic E-state index is 12.9. The molecule has 0 unspecified atom stereocenters. The van der Waals surface area contributed by atoms with E-state index in [9.17, 15) is 50.4 Å². The highest BCUT2D eigenvalue weighted by atomic mass is 16.7. The fourth-order valence-electron chi connectivity index (χ4n) is 4.22. The van der Waals surface area contributed by atoms with Crippen molar-refractivity contribution in [3.05, 3.63) is 0 Å². The molecular weight excluding hydrogens is 544 g/mol. The number of unbranched alkanes of at least 4 members (excludes halogenated alkanes) is 2. The van der Waals surface area contributed by atoms with Crippen molar-refractivity contribution in [3.63, 3.8) is 0 Å². The van der Waals surface area contributed by atoms with E-state index in [-0.39, 0.29) is 45.2 Å². The maximum absolute atomic E-state index is 12.9. The molecule has 17 nitrogen and oxygen atoms in total. The lowest BCUT2D eigenvalue weighted by Gasteiger charge is -2.40. The molecule has 40 heavy (non-hydrogen) atoms. The first kappa shape index (κ1) is 34.5. The van der Waals surface area contributed by atoms with Gasteiger partial charge in [0.2, 0.25) is 5.91 Å². The van der Waals surface area contributed by atoms with Gasteiger partial charge in [0.05, 0.1) is 33.0 Å². The van der Waals surface area contributed by atoms with Gasteiger partial charge in [0.25, 0.3) is 0 Å². The van der Waals surface area contributed by atoms with Crippen LogP contribution in [-0.2, 0) is 28.5 Å². The Balaban J connectivity index is 1.91. The number of carbonyl (C=O) groups excluding carboxylic acids is 2. The fourth-order valence-corrected chi connectivity index (χ4v) is 4.22. The van der Waals surface area contributed by atoms with Crippen LogP contribution in [0.4, 0.5) is 4.79 Å². The number of nitrogens with zero attached hydrogens (tertiary/aromatic N) is 1. The van der Waals surface area contributed by atoms with E-state index in [1.165, 1.54) is 4.90 Å². The summed E-state index contributed by atoms with van der Waals surface area (Å²) in [5, 5.41) is 78.5. The average molecular weight is 587 g/mol. The van der Waals surface area contributed by atoms with Crippen LogP contribution in [0.3, 0.4) is 0 Å². The minimum absolute atomic E-state index is 0.0311. The minimum atomic E-state index is -1.63. The summed E-state index contributed by atoms with van der Waals surface area (Å²) in [6.45, 7) is -1.56. The largest absolute Gasteiger partial charge is 0.450 e. The molecule has 2 amide bonds.